The zero-order chi connectivity index (χ0) is 13.9. The summed E-state index contributed by atoms with van der Waals surface area (Å²) in [6.07, 6.45) is 0. The molecule has 0 bridgehead atoms. The van der Waals surface area contributed by atoms with Crippen molar-refractivity contribution in [1.82, 2.24) is 4.98 Å². The van der Waals surface area contributed by atoms with Gasteiger partial charge in [0.1, 0.15) is 0 Å². The van der Waals surface area contributed by atoms with Crippen LogP contribution in [0.4, 0.5) is 0 Å². The van der Waals surface area contributed by atoms with Crippen LogP contribution >= 0.6 is 0 Å². The highest BCUT2D eigenvalue weighted by atomic mass is 14.7. The van der Waals surface area contributed by atoms with Gasteiger partial charge in [0, 0.05) is 11.3 Å². The van der Waals surface area contributed by atoms with Crippen molar-refractivity contribution in [3.63, 3.8) is 0 Å². The highest BCUT2D eigenvalue weighted by molar-refractivity contribution is 5.71. The van der Waals surface area contributed by atoms with Crippen LogP contribution in [0.2, 0.25) is 0 Å². The van der Waals surface area contributed by atoms with Gasteiger partial charge in [0.05, 0.1) is 5.69 Å². The molecule has 1 heteroatoms. The Morgan fingerprint density at radius 1 is 0.650 bits per heavy atom. The summed E-state index contributed by atoms with van der Waals surface area (Å²) in [6.45, 7) is 4.15. The molecule has 0 amide bonds. The van der Waals surface area contributed by atoms with Crippen LogP contribution in [0.15, 0.2) is 66.7 Å². The molecule has 0 N–H and O–H groups in total. The molecular weight excluding hydrogens is 242 g/mol. The third-order valence-electron chi connectivity index (χ3n) is 3.62. The molecule has 0 radical (unpaired) electrons. The van der Waals surface area contributed by atoms with Crippen molar-refractivity contribution in [3.8, 4) is 22.4 Å². The summed E-state index contributed by atoms with van der Waals surface area (Å²) in [7, 11) is 0. The van der Waals surface area contributed by atoms with E-state index < -0.39 is 0 Å². The van der Waals surface area contributed by atoms with Gasteiger partial charge in [-0.25, -0.2) is 0 Å². The van der Waals surface area contributed by atoms with E-state index in [0.29, 0.717) is 0 Å². The minimum Gasteiger partial charge on any atom is -0.253 e. The first-order valence-electron chi connectivity index (χ1n) is 6.84. The van der Waals surface area contributed by atoms with Gasteiger partial charge in [0.25, 0.3) is 0 Å². The van der Waals surface area contributed by atoms with Gasteiger partial charge in [-0.3, -0.25) is 4.98 Å². The van der Waals surface area contributed by atoms with E-state index in [4.69, 9.17) is 0 Å². The first-order chi connectivity index (χ1) is 9.74. The quantitative estimate of drug-likeness (QED) is 0.628. The second kappa shape index (κ2) is 5.30. The van der Waals surface area contributed by atoms with Crippen molar-refractivity contribution in [3.05, 3.63) is 78.0 Å². The van der Waals surface area contributed by atoms with Crippen molar-refractivity contribution in [2.24, 2.45) is 0 Å². The van der Waals surface area contributed by atoms with E-state index in [1.54, 1.807) is 0 Å². The SMILES string of the molecule is Cc1ccc(-c2cccc(-c3ccccc3)c2)nc1C. The highest BCUT2D eigenvalue weighted by Gasteiger charge is 2.03. The van der Waals surface area contributed by atoms with Crippen LogP contribution in [0.3, 0.4) is 0 Å². The van der Waals surface area contributed by atoms with Gasteiger partial charge in [-0.15, -0.1) is 0 Å². The van der Waals surface area contributed by atoms with E-state index >= 15 is 0 Å². The fourth-order valence-corrected chi connectivity index (χ4v) is 2.28. The summed E-state index contributed by atoms with van der Waals surface area (Å²) in [5, 5.41) is 0. The Morgan fingerprint density at radius 3 is 2.10 bits per heavy atom. The first kappa shape index (κ1) is 12.6. The molecule has 1 heterocycles. The van der Waals surface area contributed by atoms with E-state index in [9.17, 15) is 0 Å². The molecule has 0 unspecified atom stereocenters. The van der Waals surface area contributed by atoms with Crippen molar-refractivity contribution in [1.29, 1.82) is 0 Å². The lowest BCUT2D eigenvalue weighted by Crippen LogP contribution is -1.90. The summed E-state index contributed by atoms with van der Waals surface area (Å²) < 4.78 is 0. The normalized spacial score (nSPS) is 10.5. The molecule has 1 aromatic heterocycles. The number of benzene rings is 2. The predicted octanol–water partition coefficient (Wildman–Crippen LogP) is 5.03. The van der Waals surface area contributed by atoms with Gasteiger partial charge >= 0.3 is 0 Å². The average molecular weight is 259 g/mol. The number of aryl methyl sites for hydroxylation is 2. The van der Waals surface area contributed by atoms with Crippen molar-refractivity contribution >= 4 is 0 Å². The molecule has 0 saturated carbocycles. The van der Waals surface area contributed by atoms with Crippen LogP contribution < -0.4 is 0 Å². The molecule has 0 fully saturated rings. The molecule has 0 aliphatic heterocycles. The largest absolute Gasteiger partial charge is 0.253 e. The summed E-state index contributed by atoms with van der Waals surface area (Å²) in [4.78, 5) is 4.68. The lowest BCUT2D eigenvalue weighted by molar-refractivity contribution is 1.16. The summed E-state index contributed by atoms with van der Waals surface area (Å²) in [5.74, 6) is 0. The topological polar surface area (TPSA) is 12.9 Å². The Hall–Kier alpha value is -2.41. The zero-order valence-corrected chi connectivity index (χ0v) is 11.8. The van der Waals surface area contributed by atoms with E-state index in [1.807, 2.05) is 6.07 Å². The fourth-order valence-electron chi connectivity index (χ4n) is 2.28. The zero-order valence-electron chi connectivity index (χ0n) is 11.8. The smallest absolute Gasteiger partial charge is 0.0705 e. The Labute approximate surface area is 119 Å². The van der Waals surface area contributed by atoms with Gasteiger partial charge < -0.3 is 0 Å². The van der Waals surface area contributed by atoms with Crippen molar-refractivity contribution < 1.29 is 0 Å². The van der Waals surface area contributed by atoms with Gasteiger partial charge in [-0.05, 0) is 42.7 Å². The number of aromatic nitrogens is 1. The van der Waals surface area contributed by atoms with Crippen LogP contribution in [0, 0.1) is 13.8 Å². The molecule has 2 aromatic carbocycles. The number of hydrogen-bond acceptors (Lipinski definition) is 1. The molecule has 1 nitrogen and oxygen atoms in total. The minimum absolute atomic E-state index is 1.03. The Morgan fingerprint density at radius 2 is 1.35 bits per heavy atom. The van der Waals surface area contributed by atoms with Crippen LogP contribution in [0.1, 0.15) is 11.3 Å². The molecule has 20 heavy (non-hydrogen) atoms. The van der Waals surface area contributed by atoms with E-state index in [-0.39, 0.29) is 0 Å². The first-order valence-corrected chi connectivity index (χ1v) is 6.84. The van der Waals surface area contributed by atoms with Gasteiger partial charge in [0.2, 0.25) is 0 Å². The summed E-state index contributed by atoms with van der Waals surface area (Å²) in [5.41, 5.74) is 6.97. The third kappa shape index (κ3) is 2.48. The van der Waals surface area contributed by atoms with Gasteiger partial charge in [-0.2, -0.15) is 0 Å². The lowest BCUT2D eigenvalue weighted by atomic mass is 10.0. The van der Waals surface area contributed by atoms with Crippen molar-refractivity contribution in [2.75, 3.05) is 0 Å². The number of rotatable bonds is 2. The summed E-state index contributed by atoms with van der Waals surface area (Å²) >= 11 is 0. The standard InChI is InChI=1S/C19H17N/c1-14-11-12-19(20-15(14)2)18-10-6-9-17(13-18)16-7-4-3-5-8-16/h3-13H,1-2H3. The van der Waals surface area contributed by atoms with Gasteiger partial charge in [-0.1, -0.05) is 54.6 Å². The van der Waals surface area contributed by atoms with E-state index in [0.717, 1.165) is 17.0 Å². The van der Waals surface area contributed by atoms with Crippen LogP contribution in [0.25, 0.3) is 22.4 Å². The maximum atomic E-state index is 4.68. The number of nitrogens with zero attached hydrogens (tertiary/aromatic N) is 1. The maximum absolute atomic E-state index is 4.68. The molecule has 98 valence electrons. The fraction of sp³-hybridized carbons (Fsp3) is 0.105. The van der Waals surface area contributed by atoms with Crippen molar-refractivity contribution in [2.45, 2.75) is 13.8 Å². The molecular formula is C19H17N. The number of hydrogen-bond donors (Lipinski definition) is 0. The van der Waals surface area contributed by atoms with E-state index in [2.05, 4.69) is 79.5 Å². The Balaban J connectivity index is 2.05. The average Bonchev–Trinajstić information content (AvgIpc) is 2.51. The highest BCUT2D eigenvalue weighted by Crippen LogP contribution is 2.25. The van der Waals surface area contributed by atoms with Gasteiger partial charge in [0.15, 0.2) is 0 Å². The molecule has 0 spiro atoms. The molecule has 3 aromatic rings. The predicted molar refractivity (Wildman–Crippen MR) is 84.6 cm³/mol. The Bertz CT molecular complexity index is 730. The second-order valence-electron chi connectivity index (χ2n) is 5.05. The second-order valence-corrected chi connectivity index (χ2v) is 5.05. The van der Waals surface area contributed by atoms with Crippen LogP contribution in [-0.2, 0) is 0 Å². The minimum atomic E-state index is 1.03. The molecule has 0 saturated heterocycles. The number of pyridine rings is 1. The van der Waals surface area contributed by atoms with Crippen LogP contribution in [0.5, 0.6) is 0 Å². The third-order valence-corrected chi connectivity index (χ3v) is 3.62. The molecule has 0 atom stereocenters. The monoisotopic (exact) mass is 259 g/mol. The van der Waals surface area contributed by atoms with Crippen LogP contribution in [-0.4, -0.2) is 4.98 Å². The Kier molecular flexibility index (Phi) is 3.34. The maximum Gasteiger partial charge on any atom is 0.0705 e. The molecule has 3 rings (SSSR count). The van der Waals surface area contributed by atoms with E-state index in [1.165, 1.54) is 16.7 Å². The lowest BCUT2D eigenvalue weighted by Gasteiger charge is -2.07. The molecule has 0 aliphatic carbocycles. The summed E-state index contributed by atoms with van der Waals surface area (Å²) in [6, 6.07) is 23.2. The molecule has 0 aliphatic rings.